The van der Waals surface area contributed by atoms with Gasteiger partial charge < -0.3 is 5.11 Å². The van der Waals surface area contributed by atoms with Crippen molar-refractivity contribution in [2.24, 2.45) is 0 Å². The molecule has 28 heavy (non-hydrogen) atoms. The Morgan fingerprint density at radius 1 is 1.07 bits per heavy atom. The van der Waals surface area contributed by atoms with Gasteiger partial charge in [0.05, 0.1) is 11.4 Å². The standard InChI is InChI=1S/C20H17NO5S2/c1-12-4-3-5-16(10-12)21(28(25)26)17-11-18(27-19(17)20(23)24)15-8-6-14(7-9-15)13(2)22/h3-11H,1-2H3,(H,23,24)(H,25,26). The molecule has 2 aromatic carbocycles. The van der Waals surface area contributed by atoms with Crippen LogP contribution in [0.1, 0.15) is 32.5 Å². The Morgan fingerprint density at radius 3 is 2.29 bits per heavy atom. The fourth-order valence-electron chi connectivity index (χ4n) is 2.76. The fourth-order valence-corrected chi connectivity index (χ4v) is 4.42. The van der Waals surface area contributed by atoms with Crippen LogP contribution in [0.5, 0.6) is 0 Å². The highest BCUT2D eigenvalue weighted by atomic mass is 32.2. The molecule has 1 heterocycles. The van der Waals surface area contributed by atoms with Crippen LogP contribution in [0.4, 0.5) is 11.4 Å². The number of thiophene rings is 1. The minimum atomic E-state index is -2.46. The first-order chi connectivity index (χ1) is 13.3. The first-order valence-electron chi connectivity index (χ1n) is 8.24. The number of rotatable bonds is 6. The van der Waals surface area contributed by atoms with Crippen LogP contribution >= 0.6 is 11.3 Å². The molecule has 0 saturated heterocycles. The number of carboxylic acids is 1. The second-order valence-corrected chi connectivity index (χ2v) is 8.01. The highest BCUT2D eigenvalue weighted by molar-refractivity contribution is 7.81. The summed E-state index contributed by atoms with van der Waals surface area (Å²) in [5.74, 6) is -1.25. The summed E-state index contributed by atoms with van der Waals surface area (Å²) in [6.07, 6.45) is 0. The van der Waals surface area contributed by atoms with Crippen LogP contribution in [-0.4, -0.2) is 25.6 Å². The van der Waals surface area contributed by atoms with E-state index in [4.69, 9.17) is 0 Å². The molecule has 144 valence electrons. The van der Waals surface area contributed by atoms with E-state index >= 15 is 0 Å². The molecule has 0 aliphatic rings. The van der Waals surface area contributed by atoms with E-state index in [1.807, 2.05) is 13.0 Å². The van der Waals surface area contributed by atoms with Gasteiger partial charge in [-0.25, -0.2) is 13.3 Å². The van der Waals surface area contributed by atoms with E-state index < -0.39 is 17.2 Å². The third-order valence-corrected chi connectivity index (χ3v) is 5.98. The first-order valence-corrected chi connectivity index (χ1v) is 10.1. The van der Waals surface area contributed by atoms with Gasteiger partial charge in [0.1, 0.15) is 4.88 Å². The third kappa shape index (κ3) is 4.04. The summed E-state index contributed by atoms with van der Waals surface area (Å²) in [6, 6.07) is 15.3. The SMILES string of the molecule is CC(=O)c1ccc(-c2cc(N(c3cccc(C)c3)S(=O)O)c(C(=O)O)s2)cc1. The Balaban J connectivity index is 2.13. The largest absolute Gasteiger partial charge is 0.477 e. The monoisotopic (exact) mass is 415 g/mol. The highest BCUT2D eigenvalue weighted by Gasteiger charge is 2.25. The Morgan fingerprint density at radius 2 is 1.75 bits per heavy atom. The Labute approximate surface area is 168 Å². The van der Waals surface area contributed by atoms with Gasteiger partial charge in [-0.1, -0.05) is 36.4 Å². The lowest BCUT2D eigenvalue weighted by molar-refractivity contribution is 0.0702. The molecule has 1 atom stereocenters. The second-order valence-electron chi connectivity index (χ2n) is 6.13. The van der Waals surface area contributed by atoms with E-state index in [0.717, 1.165) is 26.8 Å². The van der Waals surface area contributed by atoms with Crippen LogP contribution in [-0.2, 0) is 11.3 Å². The smallest absolute Gasteiger partial charge is 0.348 e. The summed E-state index contributed by atoms with van der Waals surface area (Å²) in [7, 11) is 0. The van der Waals surface area contributed by atoms with Gasteiger partial charge in [0.25, 0.3) is 11.3 Å². The van der Waals surface area contributed by atoms with Gasteiger partial charge in [-0.15, -0.1) is 11.3 Å². The molecule has 3 rings (SSSR count). The normalized spacial score (nSPS) is 11.8. The maximum atomic E-state index is 12.1. The van der Waals surface area contributed by atoms with Crippen molar-refractivity contribution >= 4 is 45.7 Å². The molecule has 0 aliphatic heterocycles. The zero-order valence-corrected chi connectivity index (χ0v) is 16.7. The van der Waals surface area contributed by atoms with Crippen LogP contribution < -0.4 is 4.31 Å². The second kappa shape index (κ2) is 8.05. The van der Waals surface area contributed by atoms with E-state index in [1.165, 1.54) is 6.92 Å². The highest BCUT2D eigenvalue weighted by Crippen LogP contribution is 2.40. The summed E-state index contributed by atoms with van der Waals surface area (Å²) in [6.45, 7) is 3.31. The Bertz CT molecular complexity index is 1070. The quantitative estimate of drug-likeness (QED) is 0.441. The molecular formula is C20H17NO5S2. The Kier molecular flexibility index (Phi) is 5.73. The number of ketones is 1. The van der Waals surface area contributed by atoms with E-state index in [-0.39, 0.29) is 16.3 Å². The van der Waals surface area contributed by atoms with Crippen molar-refractivity contribution < 1.29 is 23.5 Å². The molecule has 8 heteroatoms. The molecule has 1 aromatic heterocycles. The first kappa shape index (κ1) is 19.9. The van der Waals surface area contributed by atoms with E-state index in [2.05, 4.69) is 0 Å². The van der Waals surface area contributed by atoms with Gasteiger partial charge >= 0.3 is 5.97 Å². The predicted molar refractivity (Wildman–Crippen MR) is 111 cm³/mol. The molecule has 0 fully saturated rings. The maximum absolute atomic E-state index is 12.1. The molecule has 0 radical (unpaired) electrons. The molecule has 6 nitrogen and oxygen atoms in total. The van der Waals surface area contributed by atoms with Crippen LogP contribution in [0.3, 0.4) is 0 Å². The molecule has 3 aromatic rings. The zero-order chi connectivity index (χ0) is 20.4. The number of carbonyl (C=O) groups is 2. The number of aromatic carboxylic acids is 1. The number of anilines is 2. The number of aryl methyl sites for hydroxylation is 1. The average molecular weight is 415 g/mol. The molecule has 0 aliphatic carbocycles. The van der Waals surface area contributed by atoms with Crippen molar-refractivity contribution in [3.8, 4) is 10.4 Å². The van der Waals surface area contributed by atoms with Crippen LogP contribution in [0.15, 0.2) is 54.6 Å². The van der Waals surface area contributed by atoms with E-state index in [0.29, 0.717) is 16.1 Å². The lowest BCUT2D eigenvalue weighted by atomic mass is 10.1. The Hall–Kier alpha value is -2.81. The average Bonchev–Trinajstić information content (AvgIpc) is 3.07. The van der Waals surface area contributed by atoms with Crippen molar-refractivity contribution in [1.82, 2.24) is 0 Å². The summed E-state index contributed by atoms with van der Waals surface area (Å²) < 4.78 is 23.0. The number of hydrogen-bond acceptors (Lipinski definition) is 4. The molecule has 1 unspecified atom stereocenters. The van der Waals surface area contributed by atoms with Crippen molar-refractivity contribution in [2.75, 3.05) is 4.31 Å². The molecule has 0 bridgehead atoms. The number of Topliss-reactive ketones (excluding diaryl/α,β-unsaturated/α-hetero) is 1. The lowest BCUT2D eigenvalue weighted by Crippen LogP contribution is -2.20. The van der Waals surface area contributed by atoms with Crippen LogP contribution in [0, 0.1) is 6.92 Å². The fraction of sp³-hybridized carbons (Fsp3) is 0.100. The van der Waals surface area contributed by atoms with Gasteiger partial charge in [-0.2, -0.15) is 0 Å². The summed E-state index contributed by atoms with van der Waals surface area (Å²) in [4.78, 5) is 23.8. The van der Waals surface area contributed by atoms with Crippen LogP contribution in [0.25, 0.3) is 10.4 Å². The van der Waals surface area contributed by atoms with E-state index in [9.17, 15) is 23.5 Å². The topological polar surface area (TPSA) is 94.9 Å². The summed E-state index contributed by atoms with van der Waals surface area (Å²) in [5.41, 5.74) is 2.70. The number of nitrogens with zero attached hydrogens (tertiary/aromatic N) is 1. The minimum absolute atomic E-state index is 0.0467. The maximum Gasteiger partial charge on any atom is 0.348 e. The molecular weight excluding hydrogens is 398 g/mol. The number of carbonyl (C=O) groups excluding carboxylic acids is 1. The van der Waals surface area contributed by atoms with Gasteiger partial charge in [0.15, 0.2) is 5.78 Å². The molecule has 0 saturated carbocycles. The third-order valence-electron chi connectivity index (χ3n) is 4.09. The van der Waals surface area contributed by atoms with Crippen molar-refractivity contribution in [3.05, 3.63) is 70.6 Å². The lowest BCUT2D eigenvalue weighted by Gasteiger charge is -2.20. The number of carboxylic acid groups (broad SMARTS) is 1. The predicted octanol–water partition coefficient (Wildman–Crippen LogP) is 4.90. The summed E-state index contributed by atoms with van der Waals surface area (Å²) in [5, 5.41) is 9.63. The molecule has 0 amide bonds. The molecule has 0 spiro atoms. The van der Waals surface area contributed by atoms with Gasteiger partial charge in [0, 0.05) is 10.4 Å². The van der Waals surface area contributed by atoms with Gasteiger partial charge in [-0.05, 0) is 43.2 Å². The van der Waals surface area contributed by atoms with Crippen molar-refractivity contribution in [3.63, 3.8) is 0 Å². The number of hydrogen-bond donors (Lipinski definition) is 2. The minimum Gasteiger partial charge on any atom is -0.477 e. The van der Waals surface area contributed by atoms with E-state index in [1.54, 1.807) is 48.5 Å². The zero-order valence-electron chi connectivity index (χ0n) is 15.1. The molecule has 2 N–H and O–H groups in total. The van der Waals surface area contributed by atoms with Crippen LogP contribution in [0.2, 0.25) is 0 Å². The van der Waals surface area contributed by atoms with Crippen molar-refractivity contribution in [2.45, 2.75) is 13.8 Å². The number of benzene rings is 2. The van der Waals surface area contributed by atoms with Gasteiger partial charge in [0.2, 0.25) is 0 Å². The van der Waals surface area contributed by atoms with Gasteiger partial charge in [-0.3, -0.25) is 9.35 Å². The summed E-state index contributed by atoms with van der Waals surface area (Å²) >= 11 is -1.45. The van der Waals surface area contributed by atoms with Crippen molar-refractivity contribution in [1.29, 1.82) is 0 Å².